The summed E-state index contributed by atoms with van der Waals surface area (Å²) in [4.78, 5) is 23.6. The predicted octanol–water partition coefficient (Wildman–Crippen LogP) is 1.49. The average molecular weight is 238 g/mol. The fraction of sp³-hybridized carbons (Fsp3) is 0.538. The first-order valence-corrected chi connectivity index (χ1v) is 5.89. The molecular formula is C13H22N2O2. The molecule has 0 unspecified atom stereocenters. The number of amides is 2. The molecule has 0 atom stereocenters. The number of unbranched alkanes of at least 4 members (excludes halogenated alkanes) is 3. The highest BCUT2D eigenvalue weighted by Gasteiger charge is 2.02. The molecule has 0 aromatic rings. The fourth-order valence-corrected chi connectivity index (χ4v) is 1.38. The summed E-state index contributed by atoms with van der Waals surface area (Å²) in [6.45, 7) is 8.25. The topological polar surface area (TPSA) is 49.4 Å². The van der Waals surface area contributed by atoms with E-state index in [9.17, 15) is 9.59 Å². The van der Waals surface area contributed by atoms with Gasteiger partial charge in [-0.2, -0.15) is 0 Å². The SMILES string of the molecule is C=CC(=O)NCCCCCCN(C)C(=O)C=C. The lowest BCUT2D eigenvalue weighted by Gasteiger charge is -2.14. The molecule has 0 aliphatic carbocycles. The molecule has 96 valence electrons. The van der Waals surface area contributed by atoms with Crippen molar-refractivity contribution in [2.75, 3.05) is 20.1 Å². The van der Waals surface area contributed by atoms with Gasteiger partial charge in [0.15, 0.2) is 0 Å². The highest BCUT2D eigenvalue weighted by molar-refractivity contribution is 5.87. The Hall–Kier alpha value is -1.58. The van der Waals surface area contributed by atoms with E-state index in [1.54, 1.807) is 11.9 Å². The minimum absolute atomic E-state index is 0.0387. The van der Waals surface area contributed by atoms with Crippen LogP contribution in [-0.2, 0) is 9.59 Å². The van der Waals surface area contributed by atoms with Crippen molar-refractivity contribution < 1.29 is 9.59 Å². The van der Waals surface area contributed by atoms with Gasteiger partial charge in [0.25, 0.3) is 0 Å². The normalized spacial score (nSPS) is 9.47. The van der Waals surface area contributed by atoms with E-state index in [-0.39, 0.29) is 11.8 Å². The summed E-state index contributed by atoms with van der Waals surface area (Å²) in [6, 6.07) is 0. The summed E-state index contributed by atoms with van der Waals surface area (Å²) < 4.78 is 0. The molecule has 4 nitrogen and oxygen atoms in total. The quantitative estimate of drug-likeness (QED) is 0.489. The van der Waals surface area contributed by atoms with Gasteiger partial charge in [0, 0.05) is 20.1 Å². The van der Waals surface area contributed by atoms with E-state index in [0.29, 0.717) is 6.54 Å². The Balaban J connectivity index is 3.35. The number of nitrogens with one attached hydrogen (secondary N) is 1. The molecule has 0 saturated heterocycles. The Bertz CT molecular complexity index is 275. The number of carbonyl (C=O) groups is 2. The van der Waals surface area contributed by atoms with Crippen LogP contribution in [0.3, 0.4) is 0 Å². The molecular weight excluding hydrogens is 216 g/mol. The standard InChI is InChI=1S/C13H22N2O2/c1-4-12(16)14-10-8-6-7-9-11-15(3)13(17)5-2/h4-5H,1-2,6-11H2,3H3,(H,14,16). The van der Waals surface area contributed by atoms with Crippen LogP contribution in [0, 0.1) is 0 Å². The Morgan fingerprint density at radius 3 is 2.35 bits per heavy atom. The van der Waals surface area contributed by atoms with Crippen LogP contribution in [0.2, 0.25) is 0 Å². The molecule has 0 bridgehead atoms. The second-order valence-electron chi connectivity index (χ2n) is 3.87. The van der Waals surface area contributed by atoms with E-state index in [4.69, 9.17) is 0 Å². The number of rotatable bonds is 9. The van der Waals surface area contributed by atoms with Crippen molar-refractivity contribution >= 4 is 11.8 Å². The van der Waals surface area contributed by atoms with Crippen molar-refractivity contribution in [3.63, 3.8) is 0 Å². The van der Waals surface area contributed by atoms with Crippen molar-refractivity contribution in [3.05, 3.63) is 25.3 Å². The van der Waals surface area contributed by atoms with Crippen LogP contribution in [-0.4, -0.2) is 36.9 Å². The summed E-state index contributed by atoms with van der Waals surface area (Å²) in [5, 5.41) is 2.72. The summed E-state index contributed by atoms with van der Waals surface area (Å²) in [7, 11) is 1.77. The summed E-state index contributed by atoms with van der Waals surface area (Å²) in [5.74, 6) is -0.162. The maximum atomic E-state index is 11.1. The summed E-state index contributed by atoms with van der Waals surface area (Å²) in [6.07, 6.45) is 6.64. The van der Waals surface area contributed by atoms with Gasteiger partial charge in [0.05, 0.1) is 0 Å². The molecule has 0 fully saturated rings. The van der Waals surface area contributed by atoms with E-state index in [1.165, 1.54) is 12.2 Å². The second-order valence-corrected chi connectivity index (χ2v) is 3.87. The lowest BCUT2D eigenvalue weighted by Crippen LogP contribution is -2.25. The van der Waals surface area contributed by atoms with E-state index >= 15 is 0 Å². The number of nitrogens with zero attached hydrogens (tertiary/aromatic N) is 1. The van der Waals surface area contributed by atoms with Crippen LogP contribution in [0.1, 0.15) is 25.7 Å². The molecule has 0 aromatic carbocycles. The van der Waals surface area contributed by atoms with E-state index in [0.717, 1.165) is 32.2 Å². The molecule has 4 heteroatoms. The molecule has 0 aliphatic heterocycles. The van der Waals surface area contributed by atoms with Gasteiger partial charge in [0.2, 0.25) is 11.8 Å². The minimum Gasteiger partial charge on any atom is -0.353 e. The molecule has 1 N–H and O–H groups in total. The van der Waals surface area contributed by atoms with Crippen LogP contribution in [0.25, 0.3) is 0 Å². The van der Waals surface area contributed by atoms with Crippen LogP contribution < -0.4 is 5.32 Å². The zero-order chi connectivity index (χ0) is 13.1. The van der Waals surface area contributed by atoms with Crippen molar-refractivity contribution in [2.24, 2.45) is 0 Å². The molecule has 17 heavy (non-hydrogen) atoms. The van der Waals surface area contributed by atoms with E-state index < -0.39 is 0 Å². The fourth-order valence-electron chi connectivity index (χ4n) is 1.38. The number of hydrogen-bond donors (Lipinski definition) is 1. The van der Waals surface area contributed by atoms with Gasteiger partial charge in [-0.25, -0.2) is 0 Å². The first-order chi connectivity index (χ1) is 8.11. The van der Waals surface area contributed by atoms with Crippen molar-refractivity contribution in [3.8, 4) is 0 Å². The van der Waals surface area contributed by atoms with Crippen molar-refractivity contribution in [2.45, 2.75) is 25.7 Å². The Morgan fingerprint density at radius 2 is 1.76 bits per heavy atom. The third-order valence-corrected chi connectivity index (χ3v) is 2.46. The molecule has 0 spiro atoms. The monoisotopic (exact) mass is 238 g/mol. The molecule has 0 rings (SSSR count). The van der Waals surface area contributed by atoms with Crippen LogP contribution in [0.5, 0.6) is 0 Å². The first kappa shape index (κ1) is 15.4. The van der Waals surface area contributed by atoms with Gasteiger partial charge in [0.1, 0.15) is 0 Å². The first-order valence-electron chi connectivity index (χ1n) is 5.89. The smallest absolute Gasteiger partial charge is 0.245 e. The molecule has 0 radical (unpaired) electrons. The van der Waals surface area contributed by atoms with Gasteiger partial charge in [-0.3, -0.25) is 9.59 Å². The van der Waals surface area contributed by atoms with E-state index in [1.807, 2.05) is 0 Å². The molecule has 0 heterocycles. The lowest BCUT2D eigenvalue weighted by atomic mass is 10.2. The number of likely N-dealkylation sites (N-methyl/N-ethyl adjacent to an activating group) is 1. The molecule has 0 saturated carbocycles. The largest absolute Gasteiger partial charge is 0.353 e. The third-order valence-electron chi connectivity index (χ3n) is 2.46. The van der Waals surface area contributed by atoms with Gasteiger partial charge >= 0.3 is 0 Å². The summed E-state index contributed by atoms with van der Waals surface area (Å²) in [5.41, 5.74) is 0. The highest BCUT2D eigenvalue weighted by Crippen LogP contribution is 2.00. The van der Waals surface area contributed by atoms with Crippen LogP contribution in [0.15, 0.2) is 25.3 Å². The zero-order valence-corrected chi connectivity index (χ0v) is 10.6. The highest BCUT2D eigenvalue weighted by atomic mass is 16.2. The zero-order valence-electron chi connectivity index (χ0n) is 10.6. The number of carbonyl (C=O) groups excluding carboxylic acids is 2. The maximum absolute atomic E-state index is 11.1. The van der Waals surface area contributed by atoms with Gasteiger partial charge in [-0.1, -0.05) is 26.0 Å². The molecule has 2 amide bonds. The predicted molar refractivity (Wildman–Crippen MR) is 69.5 cm³/mol. The Kier molecular flexibility index (Phi) is 8.74. The maximum Gasteiger partial charge on any atom is 0.245 e. The minimum atomic E-state index is -0.124. The number of hydrogen-bond acceptors (Lipinski definition) is 2. The average Bonchev–Trinajstić information content (AvgIpc) is 2.35. The van der Waals surface area contributed by atoms with Gasteiger partial charge in [-0.05, 0) is 25.0 Å². The van der Waals surface area contributed by atoms with E-state index in [2.05, 4.69) is 18.5 Å². The van der Waals surface area contributed by atoms with Gasteiger partial charge in [-0.15, -0.1) is 0 Å². The molecule has 0 aromatic heterocycles. The van der Waals surface area contributed by atoms with Crippen LogP contribution >= 0.6 is 0 Å². The summed E-state index contributed by atoms with van der Waals surface area (Å²) >= 11 is 0. The lowest BCUT2D eigenvalue weighted by molar-refractivity contribution is -0.124. The van der Waals surface area contributed by atoms with Gasteiger partial charge < -0.3 is 10.2 Å². The Morgan fingerprint density at radius 1 is 1.12 bits per heavy atom. The van der Waals surface area contributed by atoms with Crippen molar-refractivity contribution in [1.82, 2.24) is 10.2 Å². The second kappa shape index (κ2) is 9.63. The molecule has 0 aliphatic rings. The third kappa shape index (κ3) is 8.25. The van der Waals surface area contributed by atoms with Crippen LogP contribution in [0.4, 0.5) is 0 Å². The van der Waals surface area contributed by atoms with Crippen molar-refractivity contribution in [1.29, 1.82) is 0 Å². The Labute approximate surface area is 103 Å².